The summed E-state index contributed by atoms with van der Waals surface area (Å²) in [7, 11) is 0. The SMILES string of the molecule is CCOC(=O)C12N3CN4Cc5cccc(c5)CN5CN6C(=O)N7CN(Cc8cccc(c8)CN8CN(C3=O)C1(C(=O)OCC)N(C8)C(=O)N2C4)CN1C(=O)N(C5)C6(C(=O)OCC)C71C(=O)OCC. The molecule has 68 heavy (non-hydrogen) atoms. The molecular weight excluding hydrogens is 889 g/mol. The van der Waals surface area contributed by atoms with Crippen molar-refractivity contribution >= 4 is 48.0 Å². The van der Waals surface area contributed by atoms with Gasteiger partial charge in [-0.25, -0.2) is 38.4 Å². The van der Waals surface area contributed by atoms with Crippen LogP contribution in [0.4, 0.5) is 19.2 Å². The third kappa shape index (κ3) is 5.27. The Morgan fingerprint density at radius 1 is 0.382 bits per heavy atom. The van der Waals surface area contributed by atoms with E-state index < -0.39 is 70.7 Å². The molecule has 2 aromatic rings. The zero-order chi connectivity index (χ0) is 47.7. The van der Waals surface area contributed by atoms with Gasteiger partial charge in [-0.05, 0) is 49.9 Å². The van der Waals surface area contributed by atoms with Gasteiger partial charge in [0.05, 0.1) is 79.8 Å². The third-order valence-electron chi connectivity index (χ3n) is 14.5. The van der Waals surface area contributed by atoms with Crippen LogP contribution in [-0.4, -0.2) is 209 Å². The van der Waals surface area contributed by atoms with E-state index in [1.807, 2.05) is 68.1 Å². The van der Waals surface area contributed by atoms with E-state index in [0.717, 1.165) is 22.3 Å². The van der Waals surface area contributed by atoms with Gasteiger partial charge in [0.2, 0.25) is 0 Å². The monoisotopic (exact) mass is 940 g/mol. The van der Waals surface area contributed by atoms with Crippen LogP contribution in [0, 0.1) is 0 Å². The van der Waals surface area contributed by atoms with Gasteiger partial charge < -0.3 is 18.9 Å². The smallest absolute Gasteiger partial charge is 0.359 e. The Hall–Kier alpha value is -6.76. The Balaban J connectivity index is 1.04. The molecule has 360 valence electrons. The topological polar surface area (TPSA) is 212 Å². The van der Waals surface area contributed by atoms with Gasteiger partial charge in [-0.2, -0.15) is 0 Å². The summed E-state index contributed by atoms with van der Waals surface area (Å²) < 4.78 is 22.7. The molecule has 0 aromatic heterocycles. The predicted octanol–water partition coefficient (Wildman–Crippen LogP) is 0.311. The number of urea groups is 4. The van der Waals surface area contributed by atoms with E-state index in [2.05, 4.69) is 0 Å². The second-order valence-electron chi connectivity index (χ2n) is 18.2. The van der Waals surface area contributed by atoms with Gasteiger partial charge in [0.25, 0.3) is 22.7 Å². The van der Waals surface area contributed by atoms with Gasteiger partial charge in [0.1, 0.15) is 0 Å². The van der Waals surface area contributed by atoms with Gasteiger partial charge >= 0.3 is 48.0 Å². The highest BCUT2D eigenvalue weighted by Gasteiger charge is 2.90. The molecule has 0 aliphatic carbocycles. The molecule has 0 unspecified atom stereocenters. The molecule has 12 heterocycles. The second kappa shape index (κ2) is 15.4. The Morgan fingerprint density at radius 2 is 0.574 bits per heavy atom. The van der Waals surface area contributed by atoms with E-state index in [4.69, 9.17) is 18.9 Å². The number of nitrogens with zero attached hydrogens (tertiary/aromatic N) is 12. The number of carbonyl (C=O) groups is 8. The van der Waals surface area contributed by atoms with Crippen LogP contribution in [0.2, 0.25) is 0 Å². The first kappa shape index (κ1) is 43.8. The molecule has 0 saturated carbocycles. The van der Waals surface area contributed by atoms with Crippen molar-refractivity contribution in [1.29, 1.82) is 0 Å². The first-order chi connectivity index (χ1) is 32.8. The molecule has 0 N–H and O–H groups in total. The summed E-state index contributed by atoms with van der Waals surface area (Å²) in [5.41, 5.74) is -5.82. The van der Waals surface area contributed by atoms with Gasteiger partial charge in [-0.15, -0.1) is 0 Å². The van der Waals surface area contributed by atoms with Crippen LogP contribution in [0.5, 0.6) is 0 Å². The van der Waals surface area contributed by atoms with Crippen molar-refractivity contribution in [2.45, 2.75) is 76.5 Å². The third-order valence-corrected chi connectivity index (χ3v) is 14.5. The van der Waals surface area contributed by atoms with E-state index in [0.29, 0.717) is 0 Å². The van der Waals surface area contributed by atoms with Gasteiger partial charge in [0, 0.05) is 26.2 Å². The van der Waals surface area contributed by atoms with E-state index >= 15 is 19.2 Å². The quantitative estimate of drug-likeness (QED) is 0.258. The van der Waals surface area contributed by atoms with Crippen molar-refractivity contribution in [2.24, 2.45) is 0 Å². The molecule has 8 amide bonds. The Bertz CT molecular complexity index is 2160. The van der Waals surface area contributed by atoms with Crippen LogP contribution in [0.1, 0.15) is 49.9 Å². The van der Waals surface area contributed by atoms with Gasteiger partial charge in [0.15, 0.2) is 0 Å². The lowest BCUT2D eigenvalue weighted by Gasteiger charge is -2.51. The number of esters is 4. The first-order valence-electron chi connectivity index (χ1n) is 22.9. The molecule has 8 fully saturated rings. The molecule has 0 spiro atoms. The number of benzene rings is 2. The summed E-state index contributed by atoms with van der Waals surface area (Å²) in [6.07, 6.45) is 0. The minimum Gasteiger partial charge on any atom is -0.463 e. The number of amides is 8. The zero-order valence-electron chi connectivity index (χ0n) is 38.2. The van der Waals surface area contributed by atoms with E-state index in [1.165, 1.54) is 39.2 Å². The summed E-state index contributed by atoms with van der Waals surface area (Å²) >= 11 is 0. The van der Waals surface area contributed by atoms with Crippen molar-refractivity contribution in [3.05, 3.63) is 70.8 Å². The van der Waals surface area contributed by atoms with Crippen LogP contribution >= 0.6 is 0 Å². The number of hydrogen-bond donors (Lipinski definition) is 0. The fourth-order valence-electron chi connectivity index (χ4n) is 12.3. The fraction of sp³-hybridized carbons (Fsp3) is 0.545. The standard InChI is InChI=1S/C44H52N12O12/c1-5-65-33(57)41-42(34(58)66-6-2)51-23-46-18-30-12-10-14-32(16-30)20-48-27-55-39(63)53-25-47(26-54-40(64)56(28-48)44(55,36(60)68-8-4)43(53,54)35(59)67-7-3)19-31-13-9-11-29(15-31)17-45(21-49(41)37(51)61)22-50(41)38(62)52(42)24-46/h9-16H,5-8,17-28H2,1-4H3. The van der Waals surface area contributed by atoms with E-state index in [-0.39, 0.29) is 106 Å². The normalized spacial score (nSPS) is 32.9. The molecule has 8 saturated heterocycles. The molecule has 0 radical (unpaired) electrons. The van der Waals surface area contributed by atoms with Crippen molar-refractivity contribution in [3.8, 4) is 0 Å². The summed E-state index contributed by atoms with van der Waals surface area (Å²) in [6.45, 7) is 5.53. The van der Waals surface area contributed by atoms with E-state index in [1.54, 1.807) is 27.7 Å². The van der Waals surface area contributed by atoms with Gasteiger partial charge in [-0.3, -0.25) is 58.8 Å². The number of ether oxygens (including phenoxy) is 4. The molecular formula is C44H52N12O12. The maximum Gasteiger partial charge on any atom is 0.359 e. The number of hydrogen-bond acceptors (Lipinski definition) is 16. The maximum absolute atomic E-state index is 15.0. The highest BCUT2D eigenvalue weighted by atomic mass is 16.6. The largest absolute Gasteiger partial charge is 0.463 e. The average Bonchev–Trinajstić information content (AvgIpc) is 3.88. The Morgan fingerprint density at radius 3 is 0.750 bits per heavy atom. The second-order valence-corrected chi connectivity index (χ2v) is 18.2. The number of rotatable bonds is 8. The Labute approximate surface area is 390 Å². The van der Waals surface area contributed by atoms with E-state index in [9.17, 15) is 19.2 Å². The molecule has 2 aromatic carbocycles. The molecule has 0 atom stereocenters. The lowest BCUT2D eigenvalue weighted by molar-refractivity contribution is -0.209. The molecule has 12 aliphatic heterocycles. The molecule has 24 nitrogen and oxygen atoms in total. The molecule has 14 rings (SSSR count). The van der Waals surface area contributed by atoms with Crippen molar-refractivity contribution in [2.75, 3.05) is 79.8 Å². The zero-order valence-corrected chi connectivity index (χ0v) is 38.2. The molecule has 16 bridgehead atoms. The van der Waals surface area contributed by atoms with Gasteiger partial charge in [-0.1, -0.05) is 48.5 Å². The molecule has 12 aliphatic rings. The van der Waals surface area contributed by atoms with Crippen LogP contribution in [-0.2, 0) is 64.3 Å². The van der Waals surface area contributed by atoms with Crippen LogP contribution in [0.25, 0.3) is 0 Å². The first-order valence-corrected chi connectivity index (χ1v) is 22.9. The average molecular weight is 941 g/mol. The minimum absolute atomic E-state index is 0.0824. The Kier molecular flexibility index (Phi) is 9.90. The number of carbonyl (C=O) groups excluding carboxylic acids is 8. The predicted molar refractivity (Wildman–Crippen MR) is 228 cm³/mol. The fourth-order valence-corrected chi connectivity index (χ4v) is 12.3. The summed E-state index contributed by atoms with van der Waals surface area (Å²) in [6, 6.07) is 12.3. The molecule has 24 heteroatoms. The maximum atomic E-state index is 15.0. The van der Waals surface area contributed by atoms with Crippen LogP contribution < -0.4 is 0 Å². The summed E-state index contributed by atoms with van der Waals surface area (Å²) in [5, 5.41) is 0. The highest BCUT2D eigenvalue weighted by molar-refractivity contribution is 6.11. The minimum atomic E-state index is -2.21. The lowest BCUT2D eigenvalue weighted by Crippen LogP contribution is -2.80. The van der Waals surface area contributed by atoms with Crippen LogP contribution in [0.3, 0.4) is 0 Å². The van der Waals surface area contributed by atoms with Crippen molar-refractivity contribution < 1.29 is 57.3 Å². The summed E-state index contributed by atoms with van der Waals surface area (Å²) in [5.74, 6) is -3.69. The summed E-state index contributed by atoms with van der Waals surface area (Å²) in [4.78, 5) is 136. The van der Waals surface area contributed by atoms with Crippen molar-refractivity contribution in [1.82, 2.24) is 58.8 Å². The lowest BCUT2D eigenvalue weighted by atomic mass is 9.89. The van der Waals surface area contributed by atoms with Crippen LogP contribution in [0.15, 0.2) is 48.5 Å². The highest BCUT2D eigenvalue weighted by Crippen LogP contribution is 2.58. The van der Waals surface area contributed by atoms with Crippen molar-refractivity contribution in [3.63, 3.8) is 0 Å².